The maximum absolute atomic E-state index is 12.1. The van der Waals surface area contributed by atoms with Gasteiger partial charge in [0.2, 0.25) is 0 Å². The molecule has 15 heavy (non-hydrogen) atoms. The van der Waals surface area contributed by atoms with Crippen LogP contribution in [0.3, 0.4) is 0 Å². The summed E-state index contributed by atoms with van der Waals surface area (Å²) in [6, 6.07) is -0.390. The topological polar surface area (TPSA) is 21.3 Å². The van der Waals surface area contributed by atoms with E-state index >= 15 is 0 Å². The third-order valence-corrected chi connectivity index (χ3v) is 3.14. The van der Waals surface area contributed by atoms with Crippen LogP contribution < -0.4 is 5.32 Å². The van der Waals surface area contributed by atoms with E-state index in [-0.39, 0.29) is 18.2 Å². The summed E-state index contributed by atoms with van der Waals surface area (Å²) in [5, 5.41) is 3.02. The average Bonchev–Trinajstić information content (AvgIpc) is 2.60. The van der Waals surface area contributed by atoms with Gasteiger partial charge in [-0.25, -0.2) is 0 Å². The fraction of sp³-hybridized carbons (Fsp3) is 1.00. The van der Waals surface area contributed by atoms with Crippen molar-refractivity contribution in [1.82, 2.24) is 5.32 Å². The summed E-state index contributed by atoms with van der Waals surface area (Å²) in [5.41, 5.74) is 0. The predicted octanol–water partition coefficient (Wildman–Crippen LogP) is 2.24. The molecule has 2 heterocycles. The molecule has 0 aliphatic carbocycles. The van der Waals surface area contributed by atoms with Gasteiger partial charge < -0.3 is 10.1 Å². The van der Waals surface area contributed by atoms with E-state index in [4.69, 9.17) is 4.74 Å². The van der Waals surface area contributed by atoms with E-state index in [1.807, 2.05) is 0 Å². The first-order valence-electron chi connectivity index (χ1n) is 5.42. The Morgan fingerprint density at radius 3 is 2.60 bits per heavy atom. The standard InChI is InChI=1S/C10H16F3NO/c1-6(5-10(11,12)13)14-8-4-7-2-3-9(8)15-7/h6-9,14H,2-5H2,1H3. The molecule has 0 aromatic rings. The third kappa shape index (κ3) is 2.84. The van der Waals surface area contributed by atoms with E-state index < -0.39 is 18.6 Å². The lowest BCUT2D eigenvalue weighted by atomic mass is 9.95. The van der Waals surface area contributed by atoms with Gasteiger partial charge in [0.25, 0.3) is 0 Å². The molecule has 0 spiro atoms. The second kappa shape index (κ2) is 3.94. The van der Waals surface area contributed by atoms with Crippen LogP contribution in [0.2, 0.25) is 0 Å². The number of halogens is 3. The van der Waals surface area contributed by atoms with E-state index in [1.165, 1.54) is 0 Å². The quantitative estimate of drug-likeness (QED) is 0.792. The zero-order chi connectivity index (χ0) is 11.1. The summed E-state index contributed by atoms with van der Waals surface area (Å²) < 4.78 is 41.9. The number of rotatable bonds is 3. The van der Waals surface area contributed by atoms with Gasteiger partial charge in [0.05, 0.1) is 18.6 Å². The van der Waals surface area contributed by atoms with E-state index in [0.717, 1.165) is 19.3 Å². The molecule has 2 nitrogen and oxygen atoms in total. The van der Waals surface area contributed by atoms with Gasteiger partial charge in [0.15, 0.2) is 0 Å². The molecule has 4 unspecified atom stereocenters. The van der Waals surface area contributed by atoms with Gasteiger partial charge in [0.1, 0.15) is 0 Å². The average molecular weight is 223 g/mol. The van der Waals surface area contributed by atoms with Crippen molar-refractivity contribution in [1.29, 1.82) is 0 Å². The van der Waals surface area contributed by atoms with Gasteiger partial charge in [-0.3, -0.25) is 0 Å². The van der Waals surface area contributed by atoms with Gasteiger partial charge >= 0.3 is 6.18 Å². The van der Waals surface area contributed by atoms with Crippen LogP contribution in [0.5, 0.6) is 0 Å². The fourth-order valence-electron chi connectivity index (χ4n) is 2.58. The van der Waals surface area contributed by atoms with Crippen LogP contribution in [0, 0.1) is 0 Å². The lowest BCUT2D eigenvalue weighted by Gasteiger charge is -2.25. The number of fused-ring (bicyclic) bond motifs is 2. The van der Waals surface area contributed by atoms with Crippen molar-refractivity contribution >= 4 is 0 Å². The van der Waals surface area contributed by atoms with Crippen molar-refractivity contribution in [3.8, 4) is 0 Å². The summed E-state index contributed by atoms with van der Waals surface area (Å²) in [7, 11) is 0. The largest absolute Gasteiger partial charge is 0.390 e. The molecular weight excluding hydrogens is 207 g/mol. The molecule has 2 fully saturated rings. The number of hydrogen-bond donors (Lipinski definition) is 1. The number of ether oxygens (including phenoxy) is 1. The highest BCUT2D eigenvalue weighted by Gasteiger charge is 2.41. The van der Waals surface area contributed by atoms with Crippen LogP contribution in [0.1, 0.15) is 32.6 Å². The molecule has 2 aliphatic rings. The molecule has 0 aromatic heterocycles. The molecular formula is C10H16F3NO. The van der Waals surface area contributed by atoms with E-state index in [1.54, 1.807) is 6.92 Å². The molecule has 5 heteroatoms. The summed E-state index contributed by atoms with van der Waals surface area (Å²) in [6.45, 7) is 1.58. The van der Waals surface area contributed by atoms with Gasteiger partial charge in [-0.1, -0.05) is 0 Å². The SMILES string of the molecule is CC(CC(F)(F)F)NC1CC2CCC1O2. The van der Waals surface area contributed by atoms with Crippen molar-refractivity contribution in [2.45, 2.75) is 63.1 Å². The van der Waals surface area contributed by atoms with Crippen LogP contribution in [0.4, 0.5) is 13.2 Å². The molecule has 0 radical (unpaired) electrons. The van der Waals surface area contributed by atoms with Crippen molar-refractivity contribution < 1.29 is 17.9 Å². The Bertz CT molecular complexity index is 231. The minimum atomic E-state index is -4.08. The highest BCUT2D eigenvalue weighted by atomic mass is 19.4. The molecule has 0 saturated carbocycles. The maximum atomic E-state index is 12.1. The molecule has 1 N–H and O–H groups in total. The first-order valence-corrected chi connectivity index (χ1v) is 5.42. The predicted molar refractivity (Wildman–Crippen MR) is 49.6 cm³/mol. The van der Waals surface area contributed by atoms with Crippen LogP contribution >= 0.6 is 0 Å². The molecule has 0 aromatic carbocycles. The zero-order valence-corrected chi connectivity index (χ0v) is 8.68. The first kappa shape index (κ1) is 11.2. The first-order chi connectivity index (χ1) is 6.94. The molecule has 88 valence electrons. The summed E-state index contributed by atoms with van der Waals surface area (Å²) in [4.78, 5) is 0. The molecule has 2 rings (SSSR count). The van der Waals surface area contributed by atoms with Gasteiger partial charge in [-0.15, -0.1) is 0 Å². The second-order valence-corrected chi connectivity index (χ2v) is 4.60. The number of alkyl halides is 3. The lowest BCUT2D eigenvalue weighted by molar-refractivity contribution is -0.139. The molecule has 2 saturated heterocycles. The molecule has 4 atom stereocenters. The Hall–Kier alpha value is -0.290. The van der Waals surface area contributed by atoms with E-state index in [9.17, 15) is 13.2 Å². The highest BCUT2D eigenvalue weighted by molar-refractivity contribution is 4.94. The zero-order valence-electron chi connectivity index (χ0n) is 8.68. The van der Waals surface area contributed by atoms with Gasteiger partial charge in [-0.2, -0.15) is 13.2 Å². The Morgan fingerprint density at radius 1 is 1.40 bits per heavy atom. The second-order valence-electron chi connectivity index (χ2n) is 4.60. The minimum absolute atomic E-state index is 0.126. The molecule has 2 aliphatic heterocycles. The van der Waals surface area contributed by atoms with Crippen molar-refractivity contribution in [3.63, 3.8) is 0 Å². The van der Waals surface area contributed by atoms with Gasteiger partial charge in [0, 0.05) is 12.1 Å². The number of nitrogens with one attached hydrogen (secondary N) is 1. The molecule has 2 bridgehead atoms. The minimum Gasteiger partial charge on any atom is -0.373 e. The highest BCUT2D eigenvalue weighted by Crippen LogP contribution is 2.35. The van der Waals surface area contributed by atoms with Crippen LogP contribution in [-0.2, 0) is 4.74 Å². The summed E-state index contributed by atoms with van der Waals surface area (Å²) in [6.07, 6.45) is -1.49. The maximum Gasteiger partial charge on any atom is 0.390 e. The van der Waals surface area contributed by atoms with Crippen molar-refractivity contribution in [2.24, 2.45) is 0 Å². The summed E-state index contributed by atoms with van der Waals surface area (Å²) >= 11 is 0. The Balaban J connectivity index is 1.77. The Morgan fingerprint density at radius 2 is 2.13 bits per heavy atom. The number of hydrogen-bond acceptors (Lipinski definition) is 2. The van der Waals surface area contributed by atoms with Crippen LogP contribution in [0.25, 0.3) is 0 Å². The van der Waals surface area contributed by atoms with Crippen LogP contribution in [-0.4, -0.2) is 30.5 Å². The summed E-state index contributed by atoms with van der Waals surface area (Å²) in [5.74, 6) is 0. The Labute approximate surface area is 87.2 Å². The normalized spacial score (nSPS) is 37.2. The Kier molecular flexibility index (Phi) is 2.94. The molecule has 0 amide bonds. The smallest absolute Gasteiger partial charge is 0.373 e. The van der Waals surface area contributed by atoms with Crippen molar-refractivity contribution in [3.05, 3.63) is 0 Å². The van der Waals surface area contributed by atoms with E-state index in [2.05, 4.69) is 5.32 Å². The lowest BCUT2D eigenvalue weighted by Crippen LogP contribution is -2.44. The fourth-order valence-corrected chi connectivity index (χ4v) is 2.58. The van der Waals surface area contributed by atoms with Crippen LogP contribution in [0.15, 0.2) is 0 Å². The monoisotopic (exact) mass is 223 g/mol. The van der Waals surface area contributed by atoms with Gasteiger partial charge in [-0.05, 0) is 26.2 Å². The van der Waals surface area contributed by atoms with E-state index in [0.29, 0.717) is 0 Å². The third-order valence-electron chi connectivity index (χ3n) is 3.14. The van der Waals surface area contributed by atoms with Crippen molar-refractivity contribution in [2.75, 3.05) is 0 Å².